The summed E-state index contributed by atoms with van der Waals surface area (Å²) in [5.74, 6) is -0.695. The maximum absolute atomic E-state index is 12.4. The number of nitrogens with one attached hydrogen (secondary N) is 2. The first-order valence-corrected chi connectivity index (χ1v) is 7.59. The number of fused-ring (bicyclic) bond motifs is 1. The van der Waals surface area contributed by atoms with Gasteiger partial charge < -0.3 is 10.6 Å². The van der Waals surface area contributed by atoms with Crippen LogP contribution in [0.4, 0.5) is 10.8 Å². The standard InChI is InChI=1S/C13H11N3O2S2/c1-13(11(18)16-12-14-6-7-19-12)10(17)15-8-4-2-3-5-9(8)20-13/h2-7H,1H3,(H,15,17)(H,14,16,18)/t13-/m1/s1. The number of anilines is 2. The summed E-state index contributed by atoms with van der Waals surface area (Å²) in [5.41, 5.74) is 0.738. The summed E-state index contributed by atoms with van der Waals surface area (Å²) in [6, 6.07) is 7.42. The molecule has 0 saturated carbocycles. The van der Waals surface area contributed by atoms with Gasteiger partial charge in [-0.15, -0.1) is 11.3 Å². The van der Waals surface area contributed by atoms with Crippen molar-refractivity contribution in [3.8, 4) is 0 Å². The Kier molecular flexibility index (Phi) is 3.23. The van der Waals surface area contributed by atoms with E-state index in [4.69, 9.17) is 0 Å². The van der Waals surface area contributed by atoms with E-state index in [0.29, 0.717) is 5.13 Å². The van der Waals surface area contributed by atoms with Gasteiger partial charge in [0.1, 0.15) is 0 Å². The lowest BCUT2D eigenvalue weighted by atomic mass is 10.1. The van der Waals surface area contributed by atoms with Crippen LogP contribution in [0.3, 0.4) is 0 Å². The van der Waals surface area contributed by atoms with E-state index in [1.54, 1.807) is 18.5 Å². The van der Waals surface area contributed by atoms with E-state index in [1.165, 1.54) is 23.1 Å². The van der Waals surface area contributed by atoms with Crippen LogP contribution in [0, 0.1) is 0 Å². The molecule has 20 heavy (non-hydrogen) atoms. The molecule has 0 radical (unpaired) electrons. The number of aromatic nitrogens is 1. The Bertz CT molecular complexity index is 672. The molecule has 2 aromatic rings. The molecule has 1 aliphatic heterocycles. The predicted molar refractivity (Wildman–Crippen MR) is 80.1 cm³/mol. The first-order valence-electron chi connectivity index (χ1n) is 5.90. The van der Waals surface area contributed by atoms with Crippen LogP contribution in [0.25, 0.3) is 0 Å². The molecular formula is C13H11N3O2S2. The molecule has 1 aromatic heterocycles. The van der Waals surface area contributed by atoms with Crippen LogP contribution < -0.4 is 10.6 Å². The summed E-state index contributed by atoms with van der Waals surface area (Å²) < 4.78 is -1.21. The van der Waals surface area contributed by atoms with Crippen LogP contribution in [0.1, 0.15) is 6.92 Å². The zero-order chi connectivity index (χ0) is 14.2. The minimum absolute atomic E-state index is 0.324. The van der Waals surface area contributed by atoms with E-state index >= 15 is 0 Å². The molecule has 102 valence electrons. The Morgan fingerprint density at radius 3 is 2.95 bits per heavy atom. The Morgan fingerprint density at radius 1 is 1.40 bits per heavy atom. The van der Waals surface area contributed by atoms with Crippen LogP contribution in [-0.4, -0.2) is 21.5 Å². The van der Waals surface area contributed by atoms with Gasteiger partial charge in [0, 0.05) is 16.5 Å². The van der Waals surface area contributed by atoms with Crippen molar-refractivity contribution in [3.63, 3.8) is 0 Å². The summed E-state index contributed by atoms with van der Waals surface area (Å²) in [4.78, 5) is 29.5. The highest BCUT2D eigenvalue weighted by Crippen LogP contribution is 2.42. The van der Waals surface area contributed by atoms with Crippen LogP contribution in [0.15, 0.2) is 40.7 Å². The number of carbonyl (C=O) groups is 2. The average molecular weight is 305 g/mol. The number of carbonyl (C=O) groups excluding carboxylic acids is 2. The van der Waals surface area contributed by atoms with Crippen molar-refractivity contribution in [1.82, 2.24) is 4.98 Å². The third-order valence-electron chi connectivity index (χ3n) is 2.97. The SMILES string of the molecule is C[C@@]1(C(=O)Nc2nccs2)Sc2ccccc2NC1=O. The van der Waals surface area contributed by atoms with Gasteiger partial charge in [-0.2, -0.15) is 0 Å². The third kappa shape index (κ3) is 2.19. The molecule has 5 nitrogen and oxygen atoms in total. The molecule has 7 heteroatoms. The normalized spacial score (nSPS) is 20.9. The van der Waals surface area contributed by atoms with Crippen molar-refractivity contribution < 1.29 is 9.59 Å². The summed E-state index contributed by atoms with van der Waals surface area (Å²) in [7, 11) is 0. The lowest BCUT2D eigenvalue weighted by Gasteiger charge is -2.31. The minimum atomic E-state index is -1.21. The van der Waals surface area contributed by atoms with E-state index in [9.17, 15) is 9.59 Å². The zero-order valence-electron chi connectivity index (χ0n) is 10.5. The average Bonchev–Trinajstić information content (AvgIpc) is 2.93. The van der Waals surface area contributed by atoms with Gasteiger partial charge in [0.25, 0.3) is 5.91 Å². The van der Waals surface area contributed by atoms with Gasteiger partial charge >= 0.3 is 0 Å². The maximum atomic E-state index is 12.4. The number of para-hydroxylation sites is 1. The van der Waals surface area contributed by atoms with Gasteiger partial charge in [-0.3, -0.25) is 9.59 Å². The first-order chi connectivity index (χ1) is 9.59. The fourth-order valence-corrected chi connectivity index (χ4v) is 3.44. The summed E-state index contributed by atoms with van der Waals surface area (Å²) in [6.45, 7) is 1.62. The molecule has 0 fully saturated rings. The number of thiazole rings is 1. The molecule has 2 N–H and O–H groups in total. The van der Waals surface area contributed by atoms with Crippen molar-refractivity contribution in [3.05, 3.63) is 35.8 Å². The molecule has 1 aromatic carbocycles. The van der Waals surface area contributed by atoms with Crippen LogP contribution in [0.5, 0.6) is 0 Å². The minimum Gasteiger partial charge on any atom is -0.323 e. The molecule has 0 aliphatic carbocycles. The fourth-order valence-electron chi connectivity index (χ4n) is 1.82. The van der Waals surface area contributed by atoms with Gasteiger partial charge in [-0.25, -0.2) is 4.98 Å². The van der Waals surface area contributed by atoms with Crippen LogP contribution >= 0.6 is 23.1 Å². The molecule has 0 unspecified atom stereocenters. The number of thioether (sulfide) groups is 1. The van der Waals surface area contributed by atoms with E-state index in [2.05, 4.69) is 15.6 Å². The van der Waals surface area contributed by atoms with Gasteiger partial charge in [0.2, 0.25) is 5.91 Å². The fraction of sp³-hybridized carbons (Fsp3) is 0.154. The van der Waals surface area contributed by atoms with E-state index in [1.807, 2.05) is 24.3 Å². The number of hydrogen-bond donors (Lipinski definition) is 2. The quantitative estimate of drug-likeness (QED) is 0.837. The number of benzene rings is 1. The lowest BCUT2D eigenvalue weighted by Crippen LogP contribution is -2.49. The Labute approximate surface area is 123 Å². The molecule has 2 amide bonds. The highest BCUT2D eigenvalue weighted by atomic mass is 32.2. The van der Waals surface area contributed by atoms with Crippen LogP contribution in [0.2, 0.25) is 0 Å². The van der Waals surface area contributed by atoms with Gasteiger partial charge in [0.15, 0.2) is 9.88 Å². The second-order valence-corrected chi connectivity index (χ2v) is 6.73. The Hall–Kier alpha value is -1.86. The molecular weight excluding hydrogens is 294 g/mol. The first kappa shape index (κ1) is 13.1. The smallest absolute Gasteiger partial charge is 0.252 e. The number of amides is 2. The molecule has 0 spiro atoms. The van der Waals surface area contributed by atoms with E-state index < -0.39 is 4.75 Å². The van der Waals surface area contributed by atoms with Gasteiger partial charge in [-0.05, 0) is 19.1 Å². The Balaban J connectivity index is 1.88. The van der Waals surface area contributed by atoms with Crippen LogP contribution in [-0.2, 0) is 9.59 Å². The molecule has 3 rings (SSSR count). The topological polar surface area (TPSA) is 71.1 Å². The van der Waals surface area contributed by atoms with Crippen molar-refractivity contribution in [2.75, 3.05) is 10.6 Å². The largest absolute Gasteiger partial charge is 0.323 e. The highest BCUT2D eigenvalue weighted by molar-refractivity contribution is 8.02. The summed E-state index contributed by atoms with van der Waals surface area (Å²) >= 11 is 2.57. The van der Waals surface area contributed by atoms with Gasteiger partial charge in [0.05, 0.1) is 5.69 Å². The predicted octanol–water partition coefficient (Wildman–Crippen LogP) is 2.58. The van der Waals surface area contributed by atoms with Crippen molar-refractivity contribution >= 4 is 45.7 Å². The molecule has 0 bridgehead atoms. The molecule has 2 heterocycles. The van der Waals surface area contributed by atoms with Crippen molar-refractivity contribution in [2.45, 2.75) is 16.6 Å². The summed E-state index contributed by atoms with van der Waals surface area (Å²) in [5, 5.41) is 7.71. The molecule has 1 aliphatic rings. The zero-order valence-corrected chi connectivity index (χ0v) is 12.2. The van der Waals surface area contributed by atoms with E-state index in [0.717, 1.165) is 10.6 Å². The third-order valence-corrected chi connectivity index (χ3v) is 5.01. The molecule has 0 saturated heterocycles. The van der Waals surface area contributed by atoms with E-state index in [-0.39, 0.29) is 11.8 Å². The monoisotopic (exact) mass is 305 g/mol. The highest BCUT2D eigenvalue weighted by Gasteiger charge is 2.46. The van der Waals surface area contributed by atoms with Crippen molar-refractivity contribution in [1.29, 1.82) is 0 Å². The Morgan fingerprint density at radius 2 is 2.20 bits per heavy atom. The number of hydrogen-bond acceptors (Lipinski definition) is 5. The second-order valence-electron chi connectivity index (χ2n) is 4.38. The van der Waals surface area contributed by atoms with Gasteiger partial charge in [-0.1, -0.05) is 23.9 Å². The number of nitrogens with zero attached hydrogens (tertiary/aromatic N) is 1. The maximum Gasteiger partial charge on any atom is 0.252 e. The summed E-state index contributed by atoms with van der Waals surface area (Å²) in [6.07, 6.45) is 1.60. The number of rotatable bonds is 2. The second kappa shape index (κ2) is 4.92. The lowest BCUT2D eigenvalue weighted by molar-refractivity contribution is -0.126. The van der Waals surface area contributed by atoms with Crippen molar-refractivity contribution in [2.24, 2.45) is 0 Å². The molecule has 1 atom stereocenters.